The summed E-state index contributed by atoms with van der Waals surface area (Å²) in [5, 5.41) is 0. The summed E-state index contributed by atoms with van der Waals surface area (Å²) in [6, 6.07) is 9.91. The zero-order chi connectivity index (χ0) is 16.3. The van der Waals surface area contributed by atoms with Gasteiger partial charge in [0.2, 0.25) is 10.0 Å². The van der Waals surface area contributed by atoms with Crippen LogP contribution in [-0.4, -0.2) is 32.6 Å². The third-order valence-electron chi connectivity index (χ3n) is 3.08. The van der Waals surface area contributed by atoms with E-state index in [9.17, 15) is 13.2 Å². The van der Waals surface area contributed by atoms with Gasteiger partial charge in [0.1, 0.15) is 0 Å². The number of aryl methyl sites for hydroxylation is 1. The van der Waals surface area contributed by atoms with Crippen LogP contribution in [0.15, 0.2) is 47.4 Å². The first-order chi connectivity index (χ1) is 10.3. The number of carbonyl (C=O) groups is 1. The van der Waals surface area contributed by atoms with E-state index in [0.29, 0.717) is 5.56 Å². The van der Waals surface area contributed by atoms with Crippen molar-refractivity contribution in [2.24, 2.45) is 0 Å². The van der Waals surface area contributed by atoms with Gasteiger partial charge in [-0.2, -0.15) is 0 Å². The smallest absolute Gasteiger partial charge is 0.242 e. The molecule has 2 rings (SSSR count). The minimum Gasteiger partial charge on any atom is -0.289 e. The summed E-state index contributed by atoms with van der Waals surface area (Å²) in [6.45, 7) is 2.01. The van der Waals surface area contributed by atoms with Crippen LogP contribution >= 0.6 is 11.3 Å². The Balaban J connectivity index is 2.17. The van der Waals surface area contributed by atoms with E-state index in [-0.39, 0.29) is 10.7 Å². The van der Waals surface area contributed by atoms with Crippen molar-refractivity contribution >= 4 is 33.2 Å². The van der Waals surface area contributed by atoms with E-state index in [1.807, 2.05) is 19.1 Å². The van der Waals surface area contributed by atoms with Gasteiger partial charge in [-0.05, 0) is 55.5 Å². The summed E-state index contributed by atoms with van der Waals surface area (Å²) in [6.07, 6.45) is 3.27. The summed E-state index contributed by atoms with van der Waals surface area (Å²) in [7, 11) is -0.521. The number of nitrogens with zero attached hydrogens (tertiary/aromatic N) is 1. The van der Waals surface area contributed by atoms with Crippen LogP contribution in [0.2, 0.25) is 0 Å². The Morgan fingerprint density at radius 2 is 1.73 bits per heavy atom. The second-order valence-corrected chi connectivity index (χ2v) is 8.43. The minimum atomic E-state index is -3.47. The summed E-state index contributed by atoms with van der Waals surface area (Å²) >= 11 is 1.61. The highest BCUT2D eigenvalue weighted by atomic mass is 32.2. The normalized spacial score (nSPS) is 12.2. The average molecular weight is 335 g/mol. The zero-order valence-electron chi connectivity index (χ0n) is 12.6. The molecular formula is C16H17NO3S2. The predicted octanol–water partition coefficient (Wildman–Crippen LogP) is 3.20. The molecule has 0 aliphatic rings. The van der Waals surface area contributed by atoms with Crippen molar-refractivity contribution in [2.75, 3.05) is 14.1 Å². The second kappa shape index (κ2) is 6.56. The number of benzene rings is 1. The van der Waals surface area contributed by atoms with Gasteiger partial charge >= 0.3 is 0 Å². The maximum Gasteiger partial charge on any atom is 0.242 e. The molecule has 1 aromatic heterocycles. The second-order valence-electron chi connectivity index (χ2n) is 4.96. The fourth-order valence-electron chi connectivity index (χ4n) is 1.80. The number of allylic oxidation sites excluding steroid dienone is 1. The quantitative estimate of drug-likeness (QED) is 0.623. The first kappa shape index (κ1) is 16.6. The molecule has 6 heteroatoms. The van der Waals surface area contributed by atoms with Crippen LogP contribution < -0.4 is 0 Å². The molecular weight excluding hydrogens is 318 g/mol. The molecule has 4 nitrogen and oxygen atoms in total. The van der Waals surface area contributed by atoms with Crippen molar-refractivity contribution in [3.63, 3.8) is 0 Å². The molecule has 0 atom stereocenters. The van der Waals surface area contributed by atoms with Crippen molar-refractivity contribution in [2.45, 2.75) is 11.8 Å². The standard InChI is InChI=1S/C16H17NO3S2/c1-12-4-7-14(21-12)8-11-16(18)13-5-9-15(10-6-13)22(19,20)17(2)3/h4-11H,1-3H3/b11-8+. The minimum absolute atomic E-state index is 0.153. The van der Waals surface area contributed by atoms with Crippen molar-refractivity contribution in [1.29, 1.82) is 0 Å². The van der Waals surface area contributed by atoms with Gasteiger partial charge in [-0.25, -0.2) is 12.7 Å². The molecule has 0 unspecified atom stereocenters. The summed E-state index contributed by atoms with van der Waals surface area (Å²) in [5.74, 6) is -0.153. The molecule has 116 valence electrons. The largest absolute Gasteiger partial charge is 0.289 e. The van der Waals surface area contributed by atoms with Crippen LogP contribution in [0.3, 0.4) is 0 Å². The van der Waals surface area contributed by atoms with E-state index >= 15 is 0 Å². The van der Waals surface area contributed by atoms with Gasteiger partial charge in [-0.15, -0.1) is 11.3 Å². The molecule has 0 saturated carbocycles. The number of ketones is 1. The van der Waals surface area contributed by atoms with Crippen molar-refractivity contribution in [1.82, 2.24) is 4.31 Å². The molecule has 0 amide bonds. The van der Waals surface area contributed by atoms with E-state index in [4.69, 9.17) is 0 Å². The Morgan fingerprint density at radius 1 is 1.09 bits per heavy atom. The highest BCUT2D eigenvalue weighted by molar-refractivity contribution is 7.89. The molecule has 1 heterocycles. The Labute approximate surface area is 134 Å². The maximum atomic E-state index is 12.1. The van der Waals surface area contributed by atoms with Gasteiger partial charge in [0.15, 0.2) is 5.78 Å². The lowest BCUT2D eigenvalue weighted by Gasteiger charge is -2.11. The number of thiophene rings is 1. The number of hydrogen-bond acceptors (Lipinski definition) is 4. The van der Waals surface area contributed by atoms with Gasteiger partial charge in [-0.1, -0.05) is 0 Å². The van der Waals surface area contributed by atoms with Gasteiger partial charge in [0, 0.05) is 29.4 Å². The molecule has 0 N–H and O–H groups in total. The number of carbonyl (C=O) groups excluding carboxylic acids is 1. The molecule has 0 radical (unpaired) electrons. The van der Waals surface area contributed by atoms with Crippen LogP contribution in [-0.2, 0) is 10.0 Å². The van der Waals surface area contributed by atoms with Crippen LogP contribution in [0.25, 0.3) is 6.08 Å². The van der Waals surface area contributed by atoms with Gasteiger partial charge in [-0.3, -0.25) is 4.79 Å². The third kappa shape index (κ3) is 3.71. The highest BCUT2D eigenvalue weighted by Crippen LogP contribution is 2.18. The Morgan fingerprint density at radius 3 is 2.23 bits per heavy atom. The summed E-state index contributed by atoms with van der Waals surface area (Å²) < 4.78 is 25.1. The van der Waals surface area contributed by atoms with E-state index in [1.165, 1.54) is 49.3 Å². The van der Waals surface area contributed by atoms with Crippen LogP contribution in [0, 0.1) is 6.92 Å². The fraction of sp³-hybridized carbons (Fsp3) is 0.188. The van der Waals surface area contributed by atoms with Crippen LogP contribution in [0.4, 0.5) is 0 Å². The van der Waals surface area contributed by atoms with Crippen molar-refractivity contribution in [3.05, 3.63) is 57.8 Å². The molecule has 0 spiro atoms. The highest BCUT2D eigenvalue weighted by Gasteiger charge is 2.17. The summed E-state index contributed by atoms with van der Waals surface area (Å²) in [5.41, 5.74) is 0.460. The van der Waals surface area contributed by atoms with E-state index < -0.39 is 10.0 Å². The monoisotopic (exact) mass is 335 g/mol. The lowest BCUT2D eigenvalue weighted by molar-refractivity contribution is 0.104. The SMILES string of the molecule is Cc1ccc(/C=C/C(=O)c2ccc(S(=O)(=O)N(C)C)cc2)s1. The van der Waals surface area contributed by atoms with Gasteiger partial charge in [0.25, 0.3) is 0 Å². The summed E-state index contributed by atoms with van der Waals surface area (Å²) in [4.78, 5) is 14.4. The molecule has 22 heavy (non-hydrogen) atoms. The van der Waals surface area contributed by atoms with E-state index in [2.05, 4.69) is 0 Å². The Kier molecular flexibility index (Phi) is 4.95. The molecule has 0 aliphatic heterocycles. The lowest BCUT2D eigenvalue weighted by atomic mass is 10.1. The molecule has 1 aromatic carbocycles. The topological polar surface area (TPSA) is 54.5 Å². The van der Waals surface area contributed by atoms with Crippen molar-refractivity contribution in [3.8, 4) is 0 Å². The Hall–Kier alpha value is -1.76. The average Bonchev–Trinajstić information content (AvgIpc) is 2.90. The lowest BCUT2D eigenvalue weighted by Crippen LogP contribution is -2.22. The van der Waals surface area contributed by atoms with Crippen LogP contribution in [0.5, 0.6) is 0 Å². The van der Waals surface area contributed by atoms with E-state index in [1.54, 1.807) is 17.4 Å². The molecule has 0 fully saturated rings. The molecule has 2 aromatic rings. The third-order valence-corrected chi connectivity index (χ3v) is 5.87. The predicted molar refractivity (Wildman–Crippen MR) is 89.7 cm³/mol. The first-order valence-corrected chi connectivity index (χ1v) is 8.88. The first-order valence-electron chi connectivity index (χ1n) is 6.62. The maximum absolute atomic E-state index is 12.1. The number of sulfonamides is 1. The molecule has 0 aliphatic carbocycles. The van der Waals surface area contributed by atoms with Gasteiger partial charge in [0.05, 0.1) is 4.90 Å². The van der Waals surface area contributed by atoms with Crippen LogP contribution in [0.1, 0.15) is 20.1 Å². The van der Waals surface area contributed by atoms with E-state index in [0.717, 1.165) is 9.18 Å². The van der Waals surface area contributed by atoms with Crippen molar-refractivity contribution < 1.29 is 13.2 Å². The zero-order valence-corrected chi connectivity index (χ0v) is 14.2. The Bertz CT molecular complexity index is 800. The molecule has 0 bridgehead atoms. The molecule has 0 saturated heterocycles. The fourth-order valence-corrected chi connectivity index (χ4v) is 3.48. The number of rotatable bonds is 5. The number of hydrogen-bond donors (Lipinski definition) is 0. The van der Waals surface area contributed by atoms with Gasteiger partial charge < -0.3 is 0 Å².